The fourth-order valence-electron chi connectivity index (χ4n) is 3.33. The zero-order chi connectivity index (χ0) is 18.4. The first-order valence-corrected chi connectivity index (χ1v) is 9.61. The Bertz CT molecular complexity index is 653. The molecule has 0 spiro atoms. The van der Waals surface area contributed by atoms with Crippen molar-refractivity contribution in [1.82, 2.24) is 16.0 Å². The summed E-state index contributed by atoms with van der Waals surface area (Å²) in [5.74, 6) is 1.01. The number of nitrogens with one attached hydrogen (secondary N) is 3. The van der Waals surface area contributed by atoms with Gasteiger partial charge in [0.15, 0.2) is 5.96 Å². The lowest BCUT2D eigenvalue weighted by molar-refractivity contribution is -0.127. The van der Waals surface area contributed by atoms with Gasteiger partial charge >= 0.3 is 0 Å². The summed E-state index contributed by atoms with van der Waals surface area (Å²) in [6, 6.07) is 6.89. The van der Waals surface area contributed by atoms with Crippen LogP contribution in [0.5, 0.6) is 0 Å². The number of hydrogen-bond donors (Lipinski definition) is 3. The van der Waals surface area contributed by atoms with Crippen LogP contribution < -0.4 is 16.0 Å². The number of amides is 1. The van der Waals surface area contributed by atoms with Crippen LogP contribution in [0.15, 0.2) is 29.3 Å². The van der Waals surface area contributed by atoms with Crippen LogP contribution in [0.25, 0.3) is 0 Å². The molecular weight excluding hydrogens is 331 g/mol. The van der Waals surface area contributed by atoms with Gasteiger partial charge in [-0.2, -0.15) is 0 Å². The second kappa shape index (κ2) is 8.52. The minimum atomic E-state index is -0.180. The number of halogens is 1. The van der Waals surface area contributed by atoms with E-state index in [0.717, 1.165) is 56.7 Å². The molecule has 2 aliphatic carbocycles. The molecule has 0 saturated heterocycles. The molecule has 6 heteroatoms. The third-order valence-electron chi connectivity index (χ3n) is 5.53. The van der Waals surface area contributed by atoms with Crippen molar-refractivity contribution < 1.29 is 9.18 Å². The summed E-state index contributed by atoms with van der Waals surface area (Å²) in [6.07, 6.45) is 6.23. The standard InChI is InChI=1S/C20H29FN4O/c1-22-19(24-12-4-11-23-18(26)15-5-2-6-15)25-14-20(9-10-20)16-7-3-8-17(21)13-16/h3,7-8,13,15H,2,4-6,9-12,14H2,1H3,(H,23,26)(H2,22,24,25). The van der Waals surface area contributed by atoms with Gasteiger partial charge in [0.1, 0.15) is 5.82 Å². The molecule has 1 aromatic rings. The van der Waals surface area contributed by atoms with E-state index in [-0.39, 0.29) is 23.1 Å². The third-order valence-corrected chi connectivity index (χ3v) is 5.53. The molecule has 0 aromatic heterocycles. The van der Waals surface area contributed by atoms with Gasteiger partial charge in [-0.1, -0.05) is 18.6 Å². The Morgan fingerprint density at radius 3 is 2.62 bits per heavy atom. The highest BCUT2D eigenvalue weighted by Crippen LogP contribution is 2.47. The molecular formula is C20H29FN4O. The van der Waals surface area contributed by atoms with Crippen molar-refractivity contribution in [3.63, 3.8) is 0 Å². The topological polar surface area (TPSA) is 65.5 Å². The molecule has 0 aliphatic heterocycles. The number of carbonyl (C=O) groups excluding carboxylic acids is 1. The third kappa shape index (κ3) is 4.74. The van der Waals surface area contributed by atoms with Gasteiger partial charge in [0.2, 0.25) is 5.91 Å². The molecule has 1 aromatic carbocycles. The van der Waals surface area contributed by atoms with E-state index in [1.54, 1.807) is 19.2 Å². The second-order valence-electron chi connectivity index (χ2n) is 7.42. The maximum absolute atomic E-state index is 13.5. The van der Waals surface area contributed by atoms with E-state index >= 15 is 0 Å². The fraction of sp³-hybridized carbons (Fsp3) is 0.600. The normalized spacial score (nSPS) is 18.8. The summed E-state index contributed by atoms with van der Waals surface area (Å²) in [6.45, 7) is 2.18. The second-order valence-corrected chi connectivity index (χ2v) is 7.42. The van der Waals surface area contributed by atoms with Gasteiger partial charge in [0, 0.05) is 38.0 Å². The first kappa shape index (κ1) is 18.7. The molecule has 1 amide bonds. The molecule has 2 fully saturated rings. The smallest absolute Gasteiger partial charge is 0.223 e. The number of benzene rings is 1. The number of rotatable bonds is 8. The van der Waals surface area contributed by atoms with Crippen LogP contribution in [0.4, 0.5) is 4.39 Å². The molecule has 0 radical (unpaired) electrons. The minimum absolute atomic E-state index is 0.0243. The van der Waals surface area contributed by atoms with Crippen LogP contribution in [0, 0.1) is 11.7 Å². The number of nitrogens with zero attached hydrogens (tertiary/aromatic N) is 1. The quantitative estimate of drug-likeness (QED) is 0.379. The van der Waals surface area contributed by atoms with Crippen molar-refractivity contribution in [2.24, 2.45) is 10.9 Å². The van der Waals surface area contributed by atoms with Crippen molar-refractivity contribution in [3.8, 4) is 0 Å². The highest BCUT2D eigenvalue weighted by atomic mass is 19.1. The summed E-state index contributed by atoms with van der Waals surface area (Å²) in [5.41, 5.74) is 1.08. The lowest BCUT2D eigenvalue weighted by Gasteiger charge is -2.24. The van der Waals surface area contributed by atoms with Crippen molar-refractivity contribution in [3.05, 3.63) is 35.6 Å². The first-order chi connectivity index (χ1) is 12.6. The van der Waals surface area contributed by atoms with Gasteiger partial charge in [-0.3, -0.25) is 9.79 Å². The summed E-state index contributed by atoms with van der Waals surface area (Å²) < 4.78 is 13.5. The highest BCUT2D eigenvalue weighted by Gasteiger charge is 2.44. The summed E-state index contributed by atoms with van der Waals surface area (Å²) in [4.78, 5) is 16.0. The van der Waals surface area contributed by atoms with Gasteiger partial charge < -0.3 is 16.0 Å². The van der Waals surface area contributed by atoms with Gasteiger partial charge in [0.25, 0.3) is 0 Å². The predicted octanol–water partition coefficient (Wildman–Crippen LogP) is 2.33. The SMILES string of the molecule is CN=C(NCCCNC(=O)C1CCC1)NCC1(c2cccc(F)c2)CC1. The molecule has 26 heavy (non-hydrogen) atoms. The molecule has 0 atom stereocenters. The molecule has 0 unspecified atom stereocenters. The monoisotopic (exact) mass is 360 g/mol. The number of hydrogen-bond acceptors (Lipinski definition) is 2. The number of aliphatic imine (C=N–C) groups is 1. The molecule has 3 N–H and O–H groups in total. The molecule has 5 nitrogen and oxygen atoms in total. The number of carbonyl (C=O) groups is 1. The Morgan fingerprint density at radius 1 is 1.23 bits per heavy atom. The molecule has 3 rings (SSSR count). The van der Waals surface area contributed by atoms with Crippen LogP contribution in [-0.4, -0.2) is 38.5 Å². The van der Waals surface area contributed by atoms with E-state index in [1.165, 1.54) is 12.5 Å². The largest absolute Gasteiger partial charge is 0.356 e. The van der Waals surface area contributed by atoms with E-state index in [4.69, 9.17) is 0 Å². The zero-order valence-electron chi connectivity index (χ0n) is 15.5. The Morgan fingerprint density at radius 2 is 2.00 bits per heavy atom. The average molecular weight is 360 g/mol. The summed E-state index contributed by atoms with van der Waals surface area (Å²) >= 11 is 0. The van der Waals surface area contributed by atoms with Crippen LogP contribution in [0.3, 0.4) is 0 Å². The minimum Gasteiger partial charge on any atom is -0.356 e. The van der Waals surface area contributed by atoms with Gasteiger partial charge in [-0.15, -0.1) is 0 Å². The Balaban J connectivity index is 1.35. The molecule has 0 bridgehead atoms. The number of guanidine groups is 1. The maximum Gasteiger partial charge on any atom is 0.223 e. The van der Waals surface area contributed by atoms with Crippen LogP contribution in [0.2, 0.25) is 0 Å². The van der Waals surface area contributed by atoms with Crippen molar-refractivity contribution in [2.75, 3.05) is 26.7 Å². The summed E-state index contributed by atoms with van der Waals surface area (Å²) in [7, 11) is 1.75. The van der Waals surface area contributed by atoms with Crippen molar-refractivity contribution >= 4 is 11.9 Å². The maximum atomic E-state index is 13.5. The molecule has 2 saturated carbocycles. The van der Waals surface area contributed by atoms with E-state index in [9.17, 15) is 9.18 Å². The van der Waals surface area contributed by atoms with Crippen molar-refractivity contribution in [1.29, 1.82) is 0 Å². The lowest BCUT2D eigenvalue weighted by Crippen LogP contribution is -2.42. The first-order valence-electron chi connectivity index (χ1n) is 9.61. The van der Waals surface area contributed by atoms with E-state index < -0.39 is 0 Å². The van der Waals surface area contributed by atoms with Crippen LogP contribution >= 0.6 is 0 Å². The Kier molecular flexibility index (Phi) is 6.12. The lowest BCUT2D eigenvalue weighted by atomic mass is 9.85. The highest BCUT2D eigenvalue weighted by molar-refractivity contribution is 5.80. The summed E-state index contributed by atoms with van der Waals surface area (Å²) in [5, 5.41) is 9.63. The Labute approximate surface area is 154 Å². The Hall–Kier alpha value is -2.11. The van der Waals surface area contributed by atoms with Crippen molar-refractivity contribution in [2.45, 2.75) is 43.9 Å². The molecule has 2 aliphatic rings. The average Bonchev–Trinajstić information content (AvgIpc) is 3.37. The van der Waals surface area contributed by atoms with E-state index in [2.05, 4.69) is 20.9 Å². The zero-order valence-corrected chi connectivity index (χ0v) is 15.5. The van der Waals surface area contributed by atoms with Gasteiger partial charge in [0.05, 0.1) is 0 Å². The molecule has 0 heterocycles. The van der Waals surface area contributed by atoms with Crippen LogP contribution in [-0.2, 0) is 10.2 Å². The van der Waals surface area contributed by atoms with Crippen LogP contribution in [0.1, 0.15) is 44.1 Å². The fourth-order valence-corrected chi connectivity index (χ4v) is 3.33. The van der Waals surface area contributed by atoms with Gasteiger partial charge in [-0.25, -0.2) is 4.39 Å². The van der Waals surface area contributed by atoms with E-state index in [0.29, 0.717) is 6.54 Å². The van der Waals surface area contributed by atoms with E-state index in [1.807, 2.05) is 6.07 Å². The van der Waals surface area contributed by atoms with Gasteiger partial charge in [-0.05, 0) is 49.8 Å². The predicted molar refractivity (Wildman–Crippen MR) is 102 cm³/mol. The molecule has 142 valence electrons.